The highest BCUT2D eigenvalue weighted by Crippen LogP contribution is 2.14. The van der Waals surface area contributed by atoms with Gasteiger partial charge in [0.15, 0.2) is 0 Å². The third-order valence-electron chi connectivity index (χ3n) is 6.23. The predicted molar refractivity (Wildman–Crippen MR) is 128 cm³/mol. The lowest BCUT2D eigenvalue weighted by Crippen LogP contribution is -2.49. The van der Waals surface area contributed by atoms with Crippen LogP contribution in [0.4, 0.5) is 8.78 Å². The number of piperazine rings is 1. The van der Waals surface area contributed by atoms with Crippen molar-refractivity contribution in [3.63, 3.8) is 0 Å². The molecule has 184 valence electrons. The van der Waals surface area contributed by atoms with E-state index in [4.69, 9.17) is 0 Å². The first-order chi connectivity index (χ1) is 16.3. The number of carbonyl (C=O) groups excluding carboxylic acids is 2. The number of carbonyl (C=O) groups is 2. The van der Waals surface area contributed by atoms with Crippen LogP contribution >= 0.6 is 0 Å². The Labute approximate surface area is 200 Å². The molecular formula is C26H34F2N4O2. The van der Waals surface area contributed by atoms with Gasteiger partial charge < -0.3 is 15.5 Å². The van der Waals surface area contributed by atoms with Crippen LogP contribution in [0.5, 0.6) is 0 Å². The van der Waals surface area contributed by atoms with Crippen molar-refractivity contribution in [2.75, 3.05) is 32.7 Å². The molecule has 6 nitrogen and oxygen atoms in total. The topological polar surface area (TPSA) is 64.7 Å². The van der Waals surface area contributed by atoms with Crippen LogP contribution in [0, 0.1) is 17.6 Å². The third kappa shape index (κ3) is 6.84. The average Bonchev–Trinajstić information content (AvgIpc) is 2.82. The first kappa shape index (κ1) is 25.8. The Hall–Kier alpha value is -2.84. The molecule has 0 saturated carbocycles. The van der Waals surface area contributed by atoms with Gasteiger partial charge in [-0.1, -0.05) is 51.1 Å². The quantitative estimate of drug-likeness (QED) is 0.589. The molecule has 1 aliphatic heterocycles. The van der Waals surface area contributed by atoms with E-state index in [1.54, 1.807) is 13.8 Å². The summed E-state index contributed by atoms with van der Waals surface area (Å²) >= 11 is 0. The Morgan fingerprint density at radius 1 is 0.912 bits per heavy atom. The molecule has 2 aromatic rings. The van der Waals surface area contributed by atoms with Crippen LogP contribution < -0.4 is 10.6 Å². The highest BCUT2D eigenvalue weighted by molar-refractivity contribution is 5.98. The number of rotatable bonds is 9. The second kappa shape index (κ2) is 12.0. The van der Waals surface area contributed by atoms with Gasteiger partial charge in [-0.05, 0) is 35.7 Å². The van der Waals surface area contributed by atoms with Crippen molar-refractivity contribution in [1.29, 1.82) is 0 Å². The Kier molecular flexibility index (Phi) is 9.12. The molecule has 0 radical (unpaired) electrons. The number of hydrogen-bond acceptors (Lipinski definition) is 4. The summed E-state index contributed by atoms with van der Waals surface area (Å²) in [7, 11) is 0. The number of hydrogen-bond donors (Lipinski definition) is 2. The predicted octanol–water partition coefficient (Wildman–Crippen LogP) is 3.17. The summed E-state index contributed by atoms with van der Waals surface area (Å²) in [6.07, 6.45) is 0. The van der Waals surface area contributed by atoms with Crippen LogP contribution in [0.15, 0.2) is 42.5 Å². The van der Waals surface area contributed by atoms with Crippen molar-refractivity contribution >= 4 is 11.8 Å². The first-order valence-electron chi connectivity index (χ1n) is 11.8. The standard InChI is InChI=1S/C26H34F2N4O2/c1-4-31-12-14-32(15-13-31)17-20-10-8-19(9-11-20)16-29-26(34)24(18(2)3)30-25(33)23-21(27)6-5-7-22(23)28/h5-11,18,24H,4,12-17H2,1-3H3,(H,29,34)(H,30,33)/t24-/m0/s1. The van der Waals surface area contributed by atoms with Gasteiger partial charge in [-0.25, -0.2) is 8.78 Å². The minimum Gasteiger partial charge on any atom is -0.350 e. The van der Waals surface area contributed by atoms with Gasteiger partial charge in [-0.15, -0.1) is 0 Å². The molecule has 0 unspecified atom stereocenters. The average molecular weight is 473 g/mol. The molecule has 8 heteroatoms. The SMILES string of the molecule is CCN1CCN(Cc2ccc(CNC(=O)[C@@H](NC(=O)c3c(F)cccc3F)C(C)C)cc2)CC1. The molecule has 2 N–H and O–H groups in total. The number of halogens is 2. The Morgan fingerprint density at radius 3 is 2.03 bits per heavy atom. The minimum absolute atomic E-state index is 0.269. The summed E-state index contributed by atoms with van der Waals surface area (Å²) in [5.74, 6) is -3.55. The van der Waals surface area contributed by atoms with E-state index in [2.05, 4.69) is 39.5 Å². The molecule has 1 atom stereocenters. The molecule has 2 aromatic carbocycles. The number of nitrogens with zero attached hydrogens (tertiary/aromatic N) is 2. The van der Waals surface area contributed by atoms with E-state index in [1.807, 2.05) is 12.1 Å². The van der Waals surface area contributed by atoms with Crippen molar-refractivity contribution in [2.24, 2.45) is 5.92 Å². The van der Waals surface area contributed by atoms with Crippen LogP contribution in [-0.4, -0.2) is 60.4 Å². The molecule has 1 heterocycles. The van der Waals surface area contributed by atoms with E-state index in [1.165, 1.54) is 11.6 Å². The fourth-order valence-electron chi connectivity index (χ4n) is 4.05. The zero-order chi connectivity index (χ0) is 24.7. The maximum absolute atomic E-state index is 13.9. The monoisotopic (exact) mass is 472 g/mol. The highest BCUT2D eigenvalue weighted by Gasteiger charge is 2.27. The van der Waals surface area contributed by atoms with Gasteiger partial charge in [0, 0.05) is 39.3 Å². The van der Waals surface area contributed by atoms with Crippen molar-refractivity contribution in [3.05, 3.63) is 70.8 Å². The van der Waals surface area contributed by atoms with Crippen molar-refractivity contribution < 1.29 is 18.4 Å². The van der Waals surface area contributed by atoms with Crippen LogP contribution in [0.1, 0.15) is 42.3 Å². The summed E-state index contributed by atoms with van der Waals surface area (Å²) in [4.78, 5) is 30.1. The van der Waals surface area contributed by atoms with Gasteiger partial charge in [0.05, 0.1) is 0 Å². The second-order valence-corrected chi connectivity index (χ2v) is 9.04. The van der Waals surface area contributed by atoms with E-state index >= 15 is 0 Å². The van der Waals surface area contributed by atoms with Crippen LogP contribution in [-0.2, 0) is 17.9 Å². The summed E-state index contributed by atoms with van der Waals surface area (Å²) in [5, 5.41) is 5.29. The van der Waals surface area contributed by atoms with Crippen LogP contribution in [0.3, 0.4) is 0 Å². The summed E-state index contributed by atoms with van der Waals surface area (Å²) in [6.45, 7) is 12.3. The van der Waals surface area contributed by atoms with Crippen molar-refractivity contribution in [2.45, 2.75) is 39.9 Å². The zero-order valence-electron chi connectivity index (χ0n) is 20.1. The molecule has 1 fully saturated rings. The lowest BCUT2D eigenvalue weighted by Gasteiger charge is -2.34. The molecule has 0 aliphatic carbocycles. The normalized spacial score (nSPS) is 15.8. The molecule has 0 bridgehead atoms. The summed E-state index contributed by atoms with van der Waals surface area (Å²) in [5.41, 5.74) is 1.47. The molecule has 1 saturated heterocycles. The van der Waals surface area contributed by atoms with Gasteiger partial charge in [-0.3, -0.25) is 14.5 Å². The van der Waals surface area contributed by atoms with Gasteiger partial charge >= 0.3 is 0 Å². The maximum atomic E-state index is 13.9. The lowest BCUT2D eigenvalue weighted by atomic mass is 10.0. The number of benzene rings is 2. The van der Waals surface area contributed by atoms with E-state index < -0.39 is 35.1 Å². The first-order valence-corrected chi connectivity index (χ1v) is 11.8. The Bertz CT molecular complexity index is 953. The van der Waals surface area contributed by atoms with E-state index in [-0.39, 0.29) is 5.92 Å². The zero-order valence-corrected chi connectivity index (χ0v) is 20.1. The largest absolute Gasteiger partial charge is 0.350 e. The maximum Gasteiger partial charge on any atom is 0.257 e. The highest BCUT2D eigenvalue weighted by atomic mass is 19.1. The van der Waals surface area contributed by atoms with Gasteiger partial charge in [0.2, 0.25) is 5.91 Å². The molecule has 1 aliphatic rings. The fourth-order valence-corrected chi connectivity index (χ4v) is 4.05. The minimum atomic E-state index is -0.965. The molecule has 3 rings (SSSR count). The molecule has 0 aromatic heterocycles. The molecule has 34 heavy (non-hydrogen) atoms. The van der Waals surface area contributed by atoms with E-state index in [9.17, 15) is 18.4 Å². The fraction of sp³-hybridized carbons (Fsp3) is 0.462. The molecular weight excluding hydrogens is 438 g/mol. The van der Waals surface area contributed by atoms with Gasteiger partial charge in [0.25, 0.3) is 5.91 Å². The van der Waals surface area contributed by atoms with Gasteiger partial charge in [0.1, 0.15) is 23.2 Å². The van der Waals surface area contributed by atoms with Gasteiger partial charge in [-0.2, -0.15) is 0 Å². The van der Waals surface area contributed by atoms with E-state index in [0.717, 1.165) is 57.0 Å². The molecule has 0 spiro atoms. The lowest BCUT2D eigenvalue weighted by molar-refractivity contribution is -0.124. The van der Waals surface area contributed by atoms with Crippen molar-refractivity contribution in [3.8, 4) is 0 Å². The van der Waals surface area contributed by atoms with Crippen LogP contribution in [0.2, 0.25) is 0 Å². The van der Waals surface area contributed by atoms with Crippen molar-refractivity contribution in [1.82, 2.24) is 20.4 Å². The number of nitrogens with one attached hydrogen (secondary N) is 2. The Balaban J connectivity index is 1.53. The van der Waals surface area contributed by atoms with E-state index in [0.29, 0.717) is 6.54 Å². The Morgan fingerprint density at radius 2 is 1.47 bits per heavy atom. The second-order valence-electron chi connectivity index (χ2n) is 9.04. The molecule has 2 amide bonds. The summed E-state index contributed by atoms with van der Waals surface area (Å²) in [6, 6.07) is 10.4. The summed E-state index contributed by atoms with van der Waals surface area (Å²) < 4.78 is 27.9. The number of likely N-dealkylation sites (N-methyl/N-ethyl adjacent to an activating group) is 1. The third-order valence-corrected chi connectivity index (χ3v) is 6.23. The van der Waals surface area contributed by atoms with Crippen LogP contribution in [0.25, 0.3) is 0 Å². The smallest absolute Gasteiger partial charge is 0.257 e. The number of amides is 2.